The molecule has 1 aliphatic rings. The van der Waals surface area contributed by atoms with Gasteiger partial charge in [0, 0.05) is 24.2 Å². The van der Waals surface area contributed by atoms with E-state index in [1.807, 2.05) is 18.2 Å². The van der Waals surface area contributed by atoms with Crippen LogP contribution < -0.4 is 5.32 Å². The number of imidazole rings is 1. The molecule has 1 aliphatic heterocycles. The zero-order valence-corrected chi connectivity index (χ0v) is 14.3. The van der Waals surface area contributed by atoms with E-state index >= 15 is 0 Å². The fourth-order valence-electron chi connectivity index (χ4n) is 3.06. The Morgan fingerprint density at radius 2 is 1.78 bits per heavy atom. The molecule has 3 amide bonds. The van der Waals surface area contributed by atoms with Gasteiger partial charge in [-0.05, 0) is 24.3 Å². The Morgan fingerprint density at radius 3 is 2.44 bits per heavy atom. The van der Waals surface area contributed by atoms with Crippen LogP contribution in [0.4, 0.5) is 5.69 Å². The van der Waals surface area contributed by atoms with E-state index in [0.29, 0.717) is 16.8 Å². The van der Waals surface area contributed by atoms with Gasteiger partial charge in [-0.3, -0.25) is 19.3 Å². The average molecular weight is 360 g/mol. The highest BCUT2D eigenvalue weighted by molar-refractivity contribution is 6.21. The maximum atomic E-state index is 12.3. The van der Waals surface area contributed by atoms with E-state index in [4.69, 9.17) is 0 Å². The number of rotatable bonds is 5. The summed E-state index contributed by atoms with van der Waals surface area (Å²) < 4.78 is 0. The van der Waals surface area contributed by atoms with Crippen LogP contribution in [0.5, 0.6) is 0 Å². The van der Waals surface area contributed by atoms with Gasteiger partial charge in [-0.1, -0.05) is 24.3 Å². The Kier molecular flexibility index (Phi) is 4.25. The first-order valence-electron chi connectivity index (χ1n) is 8.47. The molecule has 0 atom stereocenters. The van der Waals surface area contributed by atoms with Crippen molar-refractivity contribution in [2.75, 3.05) is 11.9 Å². The summed E-state index contributed by atoms with van der Waals surface area (Å²) in [6, 6.07) is 14.0. The molecule has 1 aromatic heterocycles. The van der Waals surface area contributed by atoms with Crippen molar-refractivity contribution >= 4 is 23.4 Å². The normalized spacial score (nSPS) is 13.0. The second kappa shape index (κ2) is 6.87. The van der Waals surface area contributed by atoms with Crippen LogP contribution in [0.2, 0.25) is 0 Å². The quantitative estimate of drug-likeness (QED) is 0.684. The van der Waals surface area contributed by atoms with Gasteiger partial charge >= 0.3 is 0 Å². The Hall–Kier alpha value is -3.74. The molecule has 7 nitrogen and oxygen atoms in total. The van der Waals surface area contributed by atoms with E-state index in [1.54, 1.807) is 42.9 Å². The number of benzene rings is 2. The molecule has 0 bridgehead atoms. The lowest BCUT2D eigenvalue weighted by atomic mass is 10.1. The van der Waals surface area contributed by atoms with Gasteiger partial charge in [0.2, 0.25) is 5.91 Å². The van der Waals surface area contributed by atoms with Crippen LogP contribution >= 0.6 is 0 Å². The van der Waals surface area contributed by atoms with Gasteiger partial charge in [-0.15, -0.1) is 0 Å². The van der Waals surface area contributed by atoms with Crippen molar-refractivity contribution in [3.05, 3.63) is 72.2 Å². The molecule has 2 heterocycles. The first-order chi connectivity index (χ1) is 13.1. The smallest absolute Gasteiger partial charge is 0.261 e. The monoisotopic (exact) mass is 360 g/mol. The maximum absolute atomic E-state index is 12.3. The fraction of sp³-hybridized carbons (Fsp3) is 0.100. The Labute approximate surface area is 155 Å². The number of anilines is 1. The summed E-state index contributed by atoms with van der Waals surface area (Å²) in [5.74, 6) is -0.984. The number of nitrogens with one attached hydrogen (secondary N) is 2. The molecule has 134 valence electrons. The molecule has 2 aromatic carbocycles. The average Bonchev–Trinajstić information content (AvgIpc) is 3.29. The van der Waals surface area contributed by atoms with Gasteiger partial charge < -0.3 is 10.3 Å². The molecule has 0 unspecified atom stereocenters. The minimum absolute atomic E-state index is 0.0275. The Morgan fingerprint density at radius 1 is 1.04 bits per heavy atom. The van der Waals surface area contributed by atoms with E-state index in [9.17, 15) is 14.4 Å². The third kappa shape index (κ3) is 3.22. The van der Waals surface area contributed by atoms with Crippen LogP contribution in [0.3, 0.4) is 0 Å². The molecule has 0 saturated heterocycles. The standard InChI is InChI=1S/C20H16N4O3/c25-18(23-14-5-3-4-13(10-14)17-11-21-12-22-17)8-9-24-19(26)15-6-1-2-7-16(15)20(24)27/h1-7,10-12H,8-9H2,(H,21,22)(H,23,25). The number of amides is 3. The number of imide groups is 1. The highest BCUT2D eigenvalue weighted by Crippen LogP contribution is 2.23. The van der Waals surface area contributed by atoms with Crippen molar-refractivity contribution in [1.82, 2.24) is 14.9 Å². The number of carbonyl (C=O) groups excluding carboxylic acids is 3. The van der Waals surface area contributed by atoms with E-state index in [2.05, 4.69) is 15.3 Å². The SMILES string of the molecule is O=C(CCN1C(=O)c2ccccc2C1=O)Nc1cccc(-c2cnc[nH]2)c1. The predicted molar refractivity (Wildman–Crippen MR) is 99.1 cm³/mol. The summed E-state index contributed by atoms with van der Waals surface area (Å²) in [5, 5.41) is 2.80. The molecule has 0 fully saturated rings. The summed E-state index contributed by atoms with van der Waals surface area (Å²) in [5.41, 5.74) is 3.14. The van der Waals surface area contributed by atoms with Crippen molar-refractivity contribution in [2.24, 2.45) is 0 Å². The number of carbonyl (C=O) groups is 3. The summed E-state index contributed by atoms with van der Waals surface area (Å²) in [6.45, 7) is 0.0401. The topological polar surface area (TPSA) is 95.2 Å². The first-order valence-corrected chi connectivity index (χ1v) is 8.47. The predicted octanol–water partition coefficient (Wildman–Crippen LogP) is 2.70. The number of nitrogens with zero attached hydrogens (tertiary/aromatic N) is 2. The van der Waals surface area contributed by atoms with E-state index in [1.165, 1.54) is 0 Å². The van der Waals surface area contributed by atoms with E-state index < -0.39 is 0 Å². The molecular weight excluding hydrogens is 344 g/mol. The molecular formula is C20H16N4O3. The van der Waals surface area contributed by atoms with Crippen molar-refractivity contribution in [3.63, 3.8) is 0 Å². The molecule has 0 saturated carbocycles. The number of hydrogen-bond donors (Lipinski definition) is 2. The second-order valence-corrected chi connectivity index (χ2v) is 6.15. The van der Waals surface area contributed by atoms with Gasteiger partial charge in [-0.2, -0.15) is 0 Å². The fourth-order valence-corrected chi connectivity index (χ4v) is 3.06. The third-order valence-corrected chi connectivity index (χ3v) is 4.40. The number of H-pyrrole nitrogens is 1. The molecule has 0 spiro atoms. The van der Waals surface area contributed by atoms with Crippen LogP contribution in [-0.4, -0.2) is 39.1 Å². The molecule has 3 aromatic rings. The molecule has 0 radical (unpaired) electrons. The van der Waals surface area contributed by atoms with Gasteiger partial charge in [0.05, 0.1) is 29.3 Å². The molecule has 4 rings (SSSR count). The lowest BCUT2D eigenvalue weighted by Crippen LogP contribution is -2.32. The second-order valence-electron chi connectivity index (χ2n) is 6.15. The van der Waals surface area contributed by atoms with Crippen LogP contribution in [-0.2, 0) is 4.79 Å². The largest absolute Gasteiger partial charge is 0.345 e. The lowest BCUT2D eigenvalue weighted by Gasteiger charge is -2.13. The van der Waals surface area contributed by atoms with E-state index in [0.717, 1.165) is 16.2 Å². The molecule has 27 heavy (non-hydrogen) atoms. The molecule has 2 N–H and O–H groups in total. The summed E-state index contributed by atoms with van der Waals surface area (Å²) in [4.78, 5) is 45.0. The van der Waals surface area contributed by atoms with Crippen molar-refractivity contribution in [1.29, 1.82) is 0 Å². The summed E-state index contributed by atoms with van der Waals surface area (Å²) >= 11 is 0. The van der Waals surface area contributed by atoms with Gasteiger partial charge in [0.1, 0.15) is 0 Å². The summed E-state index contributed by atoms with van der Waals surface area (Å²) in [7, 11) is 0. The van der Waals surface area contributed by atoms with Gasteiger partial charge in [0.15, 0.2) is 0 Å². The van der Waals surface area contributed by atoms with E-state index in [-0.39, 0.29) is 30.7 Å². The number of aromatic amines is 1. The minimum atomic E-state index is -0.357. The van der Waals surface area contributed by atoms with Gasteiger partial charge in [-0.25, -0.2) is 4.98 Å². The lowest BCUT2D eigenvalue weighted by molar-refractivity contribution is -0.116. The minimum Gasteiger partial charge on any atom is -0.345 e. The molecule has 7 heteroatoms. The zero-order valence-electron chi connectivity index (χ0n) is 14.3. The highest BCUT2D eigenvalue weighted by Gasteiger charge is 2.34. The number of hydrogen-bond acceptors (Lipinski definition) is 4. The zero-order chi connectivity index (χ0) is 18.8. The maximum Gasteiger partial charge on any atom is 0.261 e. The van der Waals surface area contributed by atoms with Crippen LogP contribution in [0, 0.1) is 0 Å². The number of fused-ring (bicyclic) bond motifs is 1. The van der Waals surface area contributed by atoms with Crippen LogP contribution in [0.15, 0.2) is 61.1 Å². The van der Waals surface area contributed by atoms with Crippen LogP contribution in [0.1, 0.15) is 27.1 Å². The number of aromatic nitrogens is 2. The van der Waals surface area contributed by atoms with Crippen LogP contribution in [0.25, 0.3) is 11.3 Å². The Balaban J connectivity index is 1.39. The third-order valence-electron chi connectivity index (χ3n) is 4.40. The first kappa shape index (κ1) is 16.7. The van der Waals surface area contributed by atoms with Crippen molar-refractivity contribution < 1.29 is 14.4 Å². The highest BCUT2D eigenvalue weighted by atomic mass is 16.2. The Bertz CT molecular complexity index is 992. The van der Waals surface area contributed by atoms with Crippen molar-refractivity contribution in [2.45, 2.75) is 6.42 Å². The van der Waals surface area contributed by atoms with Gasteiger partial charge in [0.25, 0.3) is 11.8 Å². The van der Waals surface area contributed by atoms with Crippen molar-refractivity contribution in [3.8, 4) is 11.3 Å². The molecule has 0 aliphatic carbocycles. The summed E-state index contributed by atoms with van der Waals surface area (Å²) in [6.07, 6.45) is 3.31.